The number of carbonyl (C=O) groups is 3. The van der Waals surface area contributed by atoms with Gasteiger partial charge in [-0.3, -0.25) is 14.4 Å². The largest absolute Gasteiger partial charge is 0.462 e. The maximum Gasteiger partial charge on any atom is 0.306 e. The number of hydrogen-bond donors (Lipinski definition) is 0. The first-order valence-electron chi connectivity index (χ1n) is 28.3. The Balaban J connectivity index is 4.22. The molecule has 0 aliphatic heterocycles. The van der Waals surface area contributed by atoms with Crippen LogP contribution in [0.4, 0.5) is 0 Å². The minimum Gasteiger partial charge on any atom is -0.462 e. The summed E-state index contributed by atoms with van der Waals surface area (Å²) in [7, 11) is 0. The Hall–Kier alpha value is -1.59. The van der Waals surface area contributed by atoms with Gasteiger partial charge >= 0.3 is 17.9 Å². The SMILES string of the molecule is CCCCCCCCCCCCCC(=O)OC[C@H](COC(=O)CCCCCCCCCCC(C)CC)OC(=O)CCCCCCCCCCCCCCCCCCCCC(C)CC. The molecule has 0 aliphatic carbocycles. The summed E-state index contributed by atoms with van der Waals surface area (Å²) in [5, 5.41) is 0. The molecule has 2 unspecified atom stereocenters. The summed E-state index contributed by atoms with van der Waals surface area (Å²) in [6, 6.07) is 0. The van der Waals surface area contributed by atoms with Crippen LogP contribution in [0.1, 0.15) is 317 Å². The van der Waals surface area contributed by atoms with E-state index in [2.05, 4.69) is 34.6 Å². The predicted molar refractivity (Wildman–Crippen MR) is 270 cm³/mol. The summed E-state index contributed by atoms with van der Waals surface area (Å²) in [6.07, 6.45) is 52.3. The first kappa shape index (κ1) is 61.4. The highest BCUT2D eigenvalue weighted by Crippen LogP contribution is 2.19. The molecule has 0 aromatic rings. The van der Waals surface area contributed by atoms with E-state index in [9.17, 15) is 14.4 Å². The quantitative estimate of drug-likeness (QED) is 0.0344. The third kappa shape index (κ3) is 48.2. The van der Waals surface area contributed by atoms with E-state index in [-0.39, 0.29) is 31.1 Å². The zero-order valence-electron chi connectivity index (χ0n) is 43.2. The van der Waals surface area contributed by atoms with Crippen molar-refractivity contribution < 1.29 is 28.6 Å². The molecule has 0 aliphatic rings. The van der Waals surface area contributed by atoms with Crippen LogP contribution in [0.3, 0.4) is 0 Å². The Morgan fingerprint density at radius 3 is 0.825 bits per heavy atom. The van der Waals surface area contributed by atoms with Crippen molar-refractivity contribution in [1.29, 1.82) is 0 Å². The van der Waals surface area contributed by atoms with Crippen LogP contribution >= 0.6 is 0 Å². The topological polar surface area (TPSA) is 78.9 Å². The molecule has 0 radical (unpaired) electrons. The third-order valence-corrected chi connectivity index (χ3v) is 13.7. The van der Waals surface area contributed by atoms with Crippen molar-refractivity contribution in [2.75, 3.05) is 13.2 Å². The number of rotatable bonds is 51. The lowest BCUT2D eigenvalue weighted by Gasteiger charge is -2.18. The van der Waals surface area contributed by atoms with Crippen molar-refractivity contribution in [2.24, 2.45) is 11.8 Å². The predicted octanol–water partition coefficient (Wildman–Crippen LogP) is 18.5. The van der Waals surface area contributed by atoms with Gasteiger partial charge in [0.05, 0.1) is 0 Å². The van der Waals surface area contributed by atoms with Crippen molar-refractivity contribution in [3.8, 4) is 0 Å². The van der Waals surface area contributed by atoms with Gasteiger partial charge < -0.3 is 14.2 Å². The lowest BCUT2D eigenvalue weighted by molar-refractivity contribution is -0.167. The van der Waals surface area contributed by atoms with Crippen LogP contribution in [0.15, 0.2) is 0 Å². The molecular formula is C57H110O6. The summed E-state index contributed by atoms with van der Waals surface area (Å²) in [4.78, 5) is 38.0. The standard InChI is InChI=1S/C57H110O6/c1-6-9-10-11-12-13-22-26-32-37-42-47-55(58)61-50-54(51-62-56(59)48-43-38-33-29-28-31-36-41-46-53(5)8-3)63-57(60)49-44-39-34-27-24-21-19-17-15-14-16-18-20-23-25-30-35-40-45-52(4)7-2/h52-54H,6-51H2,1-5H3/t52?,53?,54-/m1/s1. The number of hydrogen-bond acceptors (Lipinski definition) is 6. The molecule has 0 N–H and O–H groups in total. The minimum atomic E-state index is -0.762. The fourth-order valence-corrected chi connectivity index (χ4v) is 8.63. The summed E-state index contributed by atoms with van der Waals surface area (Å²) >= 11 is 0. The van der Waals surface area contributed by atoms with E-state index in [1.54, 1.807) is 0 Å². The molecule has 63 heavy (non-hydrogen) atoms. The van der Waals surface area contributed by atoms with Crippen molar-refractivity contribution >= 4 is 17.9 Å². The monoisotopic (exact) mass is 891 g/mol. The average molecular weight is 892 g/mol. The van der Waals surface area contributed by atoms with Crippen LogP contribution in [0, 0.1) is 11.8 Å². The smallest absolute Gasteiger partial charge is 0.306 e. The van der Waals surface area contributed by atoms with Crippen LogP contribution in [0.25, 0.3) is 0 Å². The van der Waals surface area contributed by atoms with Crippen LogP contribution < -0.4 is 0 Å². The van der Waals surface area contributed by atoms with E-state index in [1.165, 1.54) is 205 Å². The van der Waals surface area contributed by atoms with Gasteiger partial charge in [-0.2, -0.15) is 0 Å². The molecule has 0 rings (SSSR count). The van der Waals surface area contributed by atoms with E-state index in [0.717, 1.165) is 69.6 Å². The van der Waals surface area contributed by atoms with Gasteiger partial charge in [0.15, 0.2) is 6.10 Å². The molecule has 6 heteroatoms. The molecule has 3 atom stereocenters. The maximum atomic E-state index is 12.8. The second kappa shape index (κ2) is 49.8. The van der Waals surface area contributed by atoms with E-state index >= 15 is 0 Å². The summed E-state index contributed by atoms with van der Waals surface area (Å²) < 4.78 is 16.8. The van der Waals surface area contributed by atoms with E-state index in [0.29, 0.717) is 19.3 Å². The average Bonchev–Trinajstić information content (AvgIpc) is 3.28. The summed E-state index contributed by atoms with van der Waals surface area (Å²) in [5.74, 6) is 0.912. The van der Waals surface area contributed by atoms with Crippen LogP contribution in [-0.2, 0) is 28.6 Å². The fraction of sp³-hybridized carbons (Fsp3) is 0.947. The number of ether oxygens (including phenoxy) is 3. The Morgan fingerprint density at radius 1 is 0.317 bits per heavy atom. The molecule has 0 aromatic carbocycles. The lowest BCUT2D eigenvalue weighted by Crippen LogP contribution is -2.30. The van der Waals surface area contributed by atoms with Crippen LogP contribution in [-0.4, -0.2) is 37.2 Å². The number of unbranched alkanes of at least 4 members (excludes halogenated alkanes) is 34. The molecule has 0 saturated heterocycles. The lowest BCUT2D eigenvalue weighted by atomic mass is 9.99. The molecule has 6 nitrogen and oxygen atoms in total. The molecule has 0 bridgehead atoms. The van der Waals surface area contributed by atoms with Crippen LogP contribution in [0.2, 0.25) is 0 Å². The molecular weight excluding hydrogens is 781 g/mol. The Bertz CT molecular complexity index is 966. The first-order valence-corrected chi connectivity index (χ1v) is 28.3. The van der Waals surface area contributed by atoms with Gasteiger partial charge in [0.25, 0.3) is 0 Å². The van der Waals surface area contributed by atoms with Gasteiger partial charge in [0, 0.05) is 19.3 Å². The second-order valence-corrected chi connectivity index (χ2v) is 20.1. The molecule has 0 amide bonds. The van der Waals surface area contributed by atoms with Gasteiger partial charge in [-0.15, -0.1) is 0 Å². The summed E-state index contributed by atoms with van der Waals surface area (Å²) in [5.41, 5.74) is 0. The Kier molecular flexibility index (Phi) is 48.6. The van der Waals surface area contributed by atoms with Gasteiger partial charge in [0.1, 0.15) is 13.2 Å². The van der Waals surface area contributed by atoms with E-state index in [1.807, 2.05) is 0 Å². The van der Waals surface area contributed by atoms with Gasteiger partial charge in [0.2, 0.25) is 0 Å². The van der Waals surface area contributed by atoms with Crippen molar-refractivity contribution in [1.82, 2.24) is 0 Å². The van der Waals surface area contributed by atoms with Gasteiger partial charge in [-0.1, -0.05) is 279 Å². The first-order chi connectivity index (χ1) is 30.8. The number of carbonyl (C=O) groups excluding carboxylic acids is 3. The highest BCUT2D eigenvalue weighted by atomic mass is 16.6. The minimum absolute atomic E-state index is 0.0634. The fourth-order valence-electron chi connectivity index (χ4n) is 8.63. The zero-order valence-corrected chi connectivity index (χ0v) is 43.2. The molecule has 0 heterocycles. The Morgan fingerprint density at radius 2 is 0.556 bits per heavy atom. The van der Waals surface area contributed by atoms with Gasteiger partial charge in [-0.25, -0.2) is 0 Å². The molecule has 374 valence electrons. The normalized spacial score (nSPS) is 12.9. The van der Waals surface area contributed by atoms with Crippen molar-refractivity contribution in [2.45, 2.75) is 323 Å². The maximum absolute atomic E-state index is 12.8. The third-order valence-electron chi connectivity index (χ3n) is 13.7. The molecule has 0 aromatic heterocycles. The highest BCUT2D eigenvalue weighted by Gasteiger charge is 2.19. The second-order valence-electron chi connectivity index (χ2n) is 20.1. The number of esters is 3. The van der Waals surface area contributed by atoms with E-state index < -0.39 is 6.10 Å². The summed E-state index contributed by atoms with van der Waals surface area (Å²) in [6.45, 7) is 11.4. The Labute approximate surface area is 393 Å². The van der Waals surface area contributed by atoms with Crippen molar-refractivity contribution in [3.63, 3.8) is 0 Å². The molecule has 0 fully saturated rings. The molecule has 0 saturated carbocycles. The van der Waals surface area contributed by atoms with Crippen LogP contribution in [0.5, 0.6) is 0 Å². The van der Waals surface area contributed by atoms with Crippen molar-refractivity contribution in [3.05, 3.63) is 0 Å². The molecule has 0 spiro atoms. The highest BCUT2D eigenvalue weighted by molar-refractivity contribution is 5.71. The van der Waals surface area contributed by atoms with E-state index in [4.69, 9.17) is 14.2 Å². The van der Waals surface area contributed by atoms with Gasteiger partial charge in [-0.05, 0) is 31.1 Å². The zero-order chi connectivity index (χ0) is 46.1.